The van der Waals surface area contributed by atoms with Gasteiger partial charge in [0.15, 0.2) is 0 Å². The Hall–Kier alpha value is -0.650. The SMILES string of the molecule is CCNC(C)(CCCCN(CC)C(C)CN(C)C)C(=O)O. The molecule has 0 bridgehead atoms. The second-order valence-electron chi connectivity index (χ2n) is 6.36. The van der Waals surface area contributed by atoms with E-state index in [-0.39, 0.29) is 0 Å². The van der Waals surface area contributed by atoms with E-state index in [1.165, 1.54) is 0 Å². The van der Waals surface area contributed by atoms with Crippen LogP contribution in [-0.4, -0.2) is 72.7 Å². The summed E-state index contributed by atoms with van der Waals surface area (Å²) in [6.07, 6.45) is 2.65. The minimum atomic E-state index is -0.791. The average Bonchev–Trinajstić information content (AvgIpc) is 2.37. The van der Waals surface area contributed by atoms with Gasteiger partial charge in [-0.2, -0.15) is 0 Å². The van der Waals surface area contributed by atoms with Crippen molar-refractivity contribution in [1.29, 1.82) is 0 Å². The van der Waals surface area contributed by atoms with Crippen molar-refractivity contribution in [1.82, 2.24) is 15.1 Å². The molecule has 0 rings (SSSR count). The molecule has 0 amide bonds. The summed E-state index contributed by atoms with van der Waals surface area (Å²) >= 11 is 0. The number of likely N-dealkylation sites (N-methyl/N-ethyl adjacent to an activating group) is 3. The summed E-state index contributed by atoms with van der Waals surface area (Å²) in [4.78, 5) is 16.0. The van der Waals surface area contributed by atoms with Crippen LogP contribution in [0.15, 0.2) is 0 Å². The van der Waals surface area contributed by atoms with Gasteiger partial charge in [-0.25, -0.2) is 0 Å². The Bertz CT molecular complexity index is 297. The van der Waals surface area contributed by atoms with Crippen LogP contribution in [0.4, 0.5) is 0 Å². The average molecular weight is 301 g/mol. The molecule has 0 aliphatic carbocycles. The molecule has 0 fully saturated rings. The Kier molecular flexibility index (Phi) is 9.83. The highest BCUT2D eigenvalue weighted by molar-refractivity contribution is 5.78. The monoisotopic (exact) mass is 301 g/mol. The van der Waals surface area contributed by atoms with Gasteiger partial charge in [0.2, 0.25) is 0 Å². The fourth-order valence-electron chi connectivity index (χ4n) is 2.79. The molecule has 2 N–H and O–H groups in total. The summed E-state index contributed by atoms with van der Waals surface area (Å²) in [5, 5.41) is 12.4. The van der Waals surface area contributed by atoms with E-state index in [0.29, 0.717) is 19.0 Å². The lowest BCUT2D eigenvalue weighted by atomic mass is 9.94. The van der Waals surface area contributed by atoms with Gasteiger partial charge in [0.25, 0.3) is 0 Å². The van der Waals surface area contributed by atoms with Crippen LogP contribution in [-0.2, 0) is 4.79 Å². The molecule has 2 unspecified atom stereocenters. The predicted octanol–water partition coefficient (Wildman–Crippen LogP) is 1.88. The summed E-state index contributed by atoms with van der Waals surface area (Å²) in [7, 11) is 4.19. The van der Waals surface area contributed by atoms with Crippen molar-refractivity contribution < 1.29 is 9.90 Å². The van der Waals surface area contributed by atoms with Gasteiger partial charge < -0.3 is 15.3 Å². The van der Waals surface area contributed by atoms with E-state index in [4.69, 9.17) is 0 Å². The Labute approximate surface area is 130 Å². The summed E-state index contributed by atoms with van der Waals surface area (Å²) in [6.45, 7) is 12.0. The van der Waals surface area contributed by atoms with Crippen molar-refractivity contribution in [3.05, 3.63) is 0 Å². The van der Waals surface area contributed by atoms with E-state index in [1.54, 1.807) is 6.92 Å². The zero-order valence-corrected chi connectivity index (χ0v) is 14.8. The highest BCUT2D eigenvalue weighted by atomic mass is 16.4. The number of unbranched alkanes of at least 4 members (excludes halogenated alkanes) is 1. The number of nitrogens with one attached hydrogen (secondary N) is 1. The third kappa shape index (κ3) is 7.79. The molecule has 21 heavy (non-hydrogen) atoms. The van der Waals surface area contributed by atoms with Gasteiger partial charge >= 0.3 is 5.97 Å². The Morgan fingerprint density at radius 2 is 1.90 bits per heavy atom. The van der Waals surface area contributed by atoms with Crippen LogP contribution in [0.5, 0.6) is 0 Å². The van der Waals surface area contributed by atoms with E-state index in [1.807, 2.05) is 6.92 Å². The van der Waals surface area contributed by atoms with Gasteiger partial charge in [0.05, 0.1) is 0 Å². The summed E-state index contributed by atoms with van der Waals surface area (Å²) < 4.78 is 0. The Morgan fingerprint density at radius 1 is 1.29 bits per heavy atom. The normalized spacial score (nSPS) is 16.2. The Balaban J connectivity index is 4.18. The van der Waals surface area contributed by atoms with Gasteiger partial charge in [-0.1, -0.05) is 13.8 Å². The maximum absolute atomic E-state index is 11.3. The minimum Gasteiger partial charge on any atom is -0.480 e. The Morgan fingerprint density at radius 3 is 2.33 bits per heavy atom. The smallest absolute Gasteiger partial charge is 0.323 e. The van der Waals surface area contributed by atoms with Crippen molar-refractivity contribution in [3.63, 3.8) is 0 Å². The quantitative estimate of drug-likeness (QED) is 0.539. The number of hydrogen-bond donors (Lipinski definition) is 2. The lowest BCUT2D eigenvalue weighted by Crippen LogP contribution is -2.49. The molecule has 0 saturated carbocycles. The number of carboxylic acid groups (broad SMARTS) is 1. The molecule has 5 nitrogen and oxygen atoms in total. The first-order valence-electron chi connectivity index (χ1n) is 8.14. The van der Waals surface area contributed by atoms with Crippen LogP contribution in [0, 0.1) is 0 Å². The number of carbonyl (C=O) groups is 1. The van der Waals surface area contributed by atoms with Crippen LogP contribution < -0.4 is 5.32 Å². The molecule has 0 radical (unpaired) electrons. The third-order valence-corrected chi connectivity index (χ3v) is 4.07. The fourth-order valence-corrected chi connectivity index (χ4v) is 2.79. The molecule has 0 heterocycles. The van der Waals surface area contributed by atoms with Crippen LogP contribution in [0.1, 0.15) is 47.0 Å². The maximum Gasteiger partial charge on any atom is 0.323 e. The second kappa shape index (κ2) is 10.1. The van der Waals surface area contributed by atoms with E-state index in [9.17, 15) is 9.90 Å². The van der Waals surface area contributed by atoms with Crippen LogP contribution in [0.2, 0.25) is 0 Å². The maximum atomic E-state index is 11.3. The molecular formula is C16H35N3O2. The van der Waals surface area contributed by atoms with Crippen LogP contribution in [0.3, 0.4) is 0 Å². The molecule has 0 aliphatic rings. The van der Waals surface area contributed by atoms with Gasteiger partial charge in [0.1, 0.15) is 5.54 Å². The first-order chi connectivity index (χ1) is 9.76. The van der Waals surface area contributed by atoms with Gasteiger partial charge in [-0.3, -0.25) is 9.69 Å². The lowest BCUT2D eigenvalue weighted by molar-refractivity contribution is -0.144. The first-order valence-corrected chi connectivity index (χ1v) is 8.14. The van der Waals surface area contributed by atoms with Gasteiger partial charge in [-0.15, -0.1) is 0 Å². The third-order valence-electron chi connectivity index (χ3n) is 4.07. The highest BCUT2D eigenvalue weighted by Crippen LogP contribution is 2.15. The molecule has 0 aliphatic heterocycles. The van der Waals surface area contributed by atoms with Crippen molar-refractivity contribution >= 4 is 5.97 Å². The highest BCUT2D eigenvalue weighted by Gasteiger charge is 2.31. The van der Waals surface area contributed by atoms with Crippen molar-refractivity contribution in [2.45, 2.75) is 58.5 Å². The van der Waals surface area contributed by atoms with E-state index >= 15 is 0 Å². The van der Waals surface area contributed by atoms with Crippen molar-refractivity contribution in [2.24, 2.45) is 0 Å². The number of nitrogens with zero attached hydrogens (tertiary/aromatic N) is 2. The zero-order chi connectivity index (χ0) is 16.5. The molecule has 0 aromatic rings. The number of carboxylic acids is 1. The summed E-state index contributed by atoms with van der Waals surface area (Å²) in [5.41, 5.74) is -0.791. The van der Waals surface area contributed by atoms with Gasteiger partial charge in [0, 0.05) is 12.6 Å². The van der Waals surface area contributed by atoms with E-state index in [2.05, 4.69) is 43.1 Å². The number of hydrogen-bond acceptors (Lipinski definition) is 4. The first kappa shape index (κ1) is 20.3. The predicted molar refractivity (Wildman–Crippen MR) is 88.8 cm³/mol. The molecule has 0 saturated heterocycles. The molecule has 126 valence electrons. The number of aliphatic carboxylic acids is 1. The zero-order valence-electron chi connectivity index (χ0n) is 14.8. The molecular weight excluding hydrogens is 266 g/mol. The lowest BCUT2D eigenvalue weighted by Gasteiger charge is -2.30. The summed E-state index contributed by atoms with van der Waals surface area (Å²) in [6, 6.07) is 0.532. The van der Waals surface area contributed by atoms with E-state index in [0.717, 1.165) is 32.5 Å². The van der Waals surface area contributed by atoms with Crippen molar-refractivity contribution in [2.75, 3.05) is 40.3 Å². The summed E-state index contributed by atoms with van der Waals surface area (Å²) in [5.74, 6) is -0.752. The van der Waals surface area contributed by atoms with E-state index < -0.39 is 11.5 Å². The van der Waals surface area contributed by atoms with Gasteiger partial charge in [-0.05, 0) is 66.8 Å². The molecule has 0 spiro atoms. The fraction of sp³-hybridized carbons (Fsp3) is 0.938. The standard InChI is InChI=1S/C16H35N3O2/c1-7-17-16(4,15(20)21)11-9-10-12-19(8-2)14(3)13-18(5)6/h14,17H,7-13H2,1-6H3,(H,20,21). The number of rotatable bonds is 12. The molecule has 5 heteroatoms. The topological polar surface area (TPSA) is 55.8 Å². The molecule has 0 aromatic carbocycles. The van der Waals surface area contributed by atoms with Crippen molar-refractivity contribution in [3.8, 4) is 0 Å². The minimum absolute atomic E-state index is 0.532. The van der Waals surface area contributed by atoms with Crippen LogP contribution in [0.25, 0.3) is 0 Å². The molecule has 0 aromatic heterocycles. The molecule has 2 atom stereocenters. The largest absolute Gasteiger partial charge is 0.480 e. The second-order valence-corrected chi connectivity index (χ2v) is 6.36. The van der Waals surface area contributed by atoms with Crippen LogP contribution >= 0.6 is 0 Å².